The van der Waals surface area contributed by atoms with Crippen molar-refractivity contribution >= 4 is 11.8 Å². The predicted molar refractivity (Wildman–Crippen MR) is 85.3 cm³/mol. The fraction of sp³-hybridized carbons (Fsp3) is 0.588. The van der Waals surface area contributed by atoms with Gasteiger partial charge in [-0.3, -0.25) is 0 Å². The third-order valence-electron chi connectivity index (χ3n) is 3.85. The van der Waals surface area contributed by atoms with Crippen LogP contribution < -0.4 is 10.6 Å². The second-order valence-electron chi connectivity index (χ2n) is 7.15. The van der Waals surface area contributed by atoms with Gasteiger partial charge in [-0.1, -0.05) is 0 Å². The number of carbonyl (C=O) groups excluding carboxylic acids is 1. The number of benzene rings is 1. The molecule has 0 spiro atoms. The SMILES string of the molecule is CC(C)(C)OC(=O)N[C@H]1CC[C@@H](CNc2cc(F)c(F)cc2F)C1. The fourth-order valence-electron chi connectivity index (χ4n) is 2.78. The van der Waals surface area contributed by atoms with Crippen molar-refractivity contribution in [3.8, 4) is 0 Å². The van der Waals surface area contributed by atoms with E-state index in [9.17, 15) is 18.0 Å². The van der Waals surface area contributed by atoms with E-state index < -0.39 is 29.1 Å². The predicted octanol–water partition coefficient (Wildman–Crippen LogP) is 4.21. The highest BCUT2D eigenvalue weighted by molar-refractivity contribution is 5.68. The summed E-state index contributed by atoms with van der Waals surface area (Å²) in [5, 5.41) is 5.63. The Morgan fingerprint density at radius 3 is 2.50 bits per heavy atom. The lowest BCUT2D eigenvalue weighted by atomic mass is 10.1. The highest BCUT2D eigenvalue weighted by Gasteiger charge is 2.27. The number of hydrogen-bond acceptors (Lipinski definition) is 3. The lowest BCUT2D eigenvalue weighted by Gasteiger charge is -2.21. The number of nitrogens with one attached hydrogen (secondary N) is 2. The molecule has 1 fully saturated rings. The van der Waals surface area contributed by atoms with Crippen LogP contribution in [-0.2, 0) is 4.74 Å². The minimum absolute atomic E-state index is 0.00134. The monoisotopic (exact) mass is 344 g/mol. The average Bonchev–Trinajstić information content (AvgIpc) is 2.86. The Kier molecular flexibility index (Phi) is 5.62. The van der Waals surface area contributed by atoms with E-state index in [1.807, 2.05) is 0 Å². The van der Waals surface area contributed by atoms with Crippen molar-refractivity contribution < 1.29 is 22.7 Å². The molecule has 1 aliphatic carbocycles. The van der Waals surface area contributed by atoms with Gasteiger partial charge in [0.2, 0.25) is 0 Å². The molecule has 4 nitrogen and oxygen atoms in total. The van der Waals surface area contributed by atoms with E-state index in [-0.39, 0.29) is 17.6 Å². The van der Waals surface area contributed by atoms with E-state index in [4.69, 9.17) is 4.74 Å². The zero-order chi connectivity index (χ0) is 17.9. The number of anilines is 1. The smallest absolute Gasteiger partial charge is 0.407 e. The molecule has 0 aliphatic heterocycles. The zero-order valence-corrected chi connectivity index (χ0v) is 14.1. The fourth-order valence-corrected chi connectivity index (χ4v) is 2.78. The number of hydrogen-bond donors (Lipinski definition) is 2. The summed E-state index contributed by atoms with van der Waals surface area (Å²) in [5.41, 5.74) is -0.606. The minimum atomic E-state index is -1.21. The molecule has 24 heavy (non-hydrogen) atoms. The quantitative estimate of drug-likeness (QED) is 0.805. The highest BCUT2D eigenvalue weighted by atomic mass is 19.2. The van der Waals surface area contributed by atoms with Gasteiger partial charge >= 0.3 is 6.09 Å². The van der Waals surface area contributed by atoms with Crippen molar-refractivity contribution in [2.75, 3.05) is 11.9 Å². The lowest BCUT2D eigenvalue weighted by molar-refractivity contribution is 0.0505. The Hall–Kier alpha value is -1.92. The molecule has 2 atom stereocenters. The molecule has 0 unspecified atom stereocenters. The molecule has 1 saturated carbocycles. The van der Waals surface area contributed by atoms with Crippen LogP contribution in [-0.4, -0.2) is 24.3 Å². The maximum Gasteiger partial charge on any atom is 0.407 e. The van der Waals surface area contributed by atoms with Gasteiger partial charge in [-0.2, -0.15) is 0 Å². The van der Waals surface area contributed by atoms with Crippen molar-refractivity contribution in [1.29, 1.82) is 0 Å². The van der Waals surface area contributed by atoms with E-state index in [0.717, 1.165) is 25.3 Å². The Balaban J connectivity index is 1.80. The van der Waals surface area contributed by atoms with Gasteiger partial charge in [0.1, 0.15) is 11.4 Å². The van der Waals surface area contributed by atoms with Crippen LogP contribution in [0.4, 0.5) is 23.7 Å². The number of carbonyl (C=O) groups is 1. The van der Waals surface area contributed by atoms with Crippen molar-refractivity contribution in [2.45, 2.75) is 51.7 Å². The number of halogens is 3. The van der Waals surface area contributed by atoms with Crippen LogP contribution in [0, 0.1) is 23.4 Å². The molecule has 1 aromatic rings. The van der Waals surface area contributed by atoms with Crippen molar-refractivity contribution in [1.82, 2.24) is 5.32 Å². The van der Waals surface area contributed by atoms with Crippen LogP contribution in [0.1, 0.15) is 40.0 Å². The molecule has 0 bridgehead atoms. The number of ether oxygens (including phenoxy) is 1. The summed E-state index contributed by atoms with van der Waals surface area (Å²) in [5.74, 6) is -2.91. The molecule has 0 radical (unpaired) electrons. The summed E-state index contributed by atoms with van der Waals surface area (Å²) < 4.78 is 44.8. The third kappa shape index (κ3) is 5.32. The second-order valence-corrected chi connectivity index (χ2v) is 7.15. The first-order chi connectivity index (χ1) is 11.1. The first kappa shape index (κ1) is 18.4. The van der Waals surface area contributed by atoms with E-state index in [0.29, 0.717) is 12.6 Å². The molecule has 0 heterocycles. The standard InChI is InChI=1S/C17H23F3N2O2/c1-17(2,3)24-16(23)22-11-5-4-10(6-11)9-21-15-8-13(19)12(18)7-14(15)20/h7-8,10-11,21H,4-6,9H2,1-3H3,(H,22,23)/t10-,11+/m1/s1. The second kappa shape index (κ2) is 7.32. The summed E-state index contributed by atoms with van der Waals surface area (Å²) in [7, 11) is 0. The molecule has 1 amide bonds. The summed E-state index contributed by atoms with van der Waals surface area (Å²) in [4.78, 5) is 11.7. The van der Waals surface area contributed by atoms with E-state index >= 15 is 0 Å². The number of alkyl carbamates (subject to hydrolysis) is 1. The van der Waals surface area contributed by atoms with Crippen LogP contribution in [0.15, 0.2) is 12.1 Å². The van der Waals surface area contributed by atoms with E-state index in [1.165, 1.54) is 0 Å². The topological polar surface area (TPSA) is 50.4 Å². The normalized spacial score (nSPS) is 20.8. The molecular weight excluding hydrogens is 321 g/mol. The molecule has 2 N–H and O–H groups in total. The minimum Gasteiger partial charge on any atom is -0.444 e. The van der Waals surface area contributed by atoms with Gasteiger partial charge < -0.3 is 15.4 Å². The van der Waals surface area contributed by atoms with Crippen LogP contribution in [0.5, 0.6) is 0 Å². The summed E-state index contributed by atoms with van der Waals surface area (Å²) >= 11 is 0. The van der Waals surface area contributed by atoms with Crippen molar-refractivity contribution in [3.05, 3.63) is 29.6 Å². The molecule has 1 aliphatic rings. The summed E-state index contributed by atoms with van der Waals surface area (Å²) in [6, 6.07) is 1.34. The Bertz CT molecular complexity index is 602. The van der Waals surface area contributed by atoms with Crippen LogP contribution in [0.3, 0.4) is 0 Å². The molecular formula is C17H23F3N2O2. The molecule has 7 heteroatoms. The van der Waals surface area contributed by atoms with Crippen molar-refractivity contribution in [3.63, 3.8) is 0 Å². The van der Waals surface area contributed by atoms with Gasteiger partial charge in [-0.05, 0) is 46.0 Å². The maximum atomic E-state index is 13.6. The van der Waals surface area contributed by atoms with Gasteiger partial charge in [0, 0.05) is 24.7 Å². The van der Waals surface area contributed by atoms with Crippen LogP contribution in [0.2, 0.25) is 0 Å². The molecule has 2 rings (SSSR count). The average molecular weight is 344 g/mol. The van der Waals surface area contributed by atoms with Gasteiger partial charge in [0.25, 0.3) is 0 Å². The largest absolute Gasteiger partial charge is 0.444 e. The first-order valence-electron chi connectivity index (χ1n) is 8.02. The van der Waals surface area contributed by atoms with Crippen molar-refractivity contribution in [2.24, 2.45) is 5.92 Å². The molecule has 0 aromatic heterocycles. The molecule has 0 saturated heterocycles. The Morgan fingerprint density at radius 2 is 1.83 bits per heavy atom. The van der Waals surface area contributed by atoms with Gasteiger partial charge in [-0.25, -0.2) is 18.0 Å². The highest BCUT2D eigenvalue weighted by Crippen LogP contribution is 2.27. The van der Waals surface area contributed by atoms with Gasteiger partial charge in [0.05, 0.1) is 5.69 Å². The van der Waals surface area contributed by atoms with Crippen LogP contribution >= 0.6 is 0 Å². The Labute approximate surface area is 139 Å². The summed E-state index contributed by atoms with van der Waals surface area (Å²) in [6.07, 6.45) is 1.91. The molecule has 1 aromatic carbocycles. The molecule has 134 valence electrons. The zero-order valence-electron chi connectivity index (χ0n) is 14.1. The Morgan fingerprint density at radius 1 is 1.17 bits per heavy atom. The van der Waals surface area contributed by atoms with Gasteiger partial charge in [0.15, 0.2) is 11.6 Å². The summed E-state index contributed by atoms with van der Waals surface area (Å²) in [6.45, 7) is 5.81. The van der Waals surface area contributed by atoms with E-state index in [2.05, 4.69) is 10.6 Å². The van der Waals surface area contributed by atoms with Gasteiger partial charge in [-0.15, -0.1) is 0 Å². The third-order valence-corrected chi connectivity index (χ3v) is 3.85. The maximum absolute atomic E-state index is 13.6. The number of amides is 1. The first-order valence-corrected chi connectivity index (χ1v) is 8.02. The lowest BCUT2D eigenvalue weighted by Crippen LogP contribution is -2.38. The van der Waals surface area contributed by atoms with Crippen LogP contribution in [0.25, 0.3) is 0 Å². The van der Waals surface area contributed by atoms with E-state index in [1.54, 1.807) is 20.8 Å². The number of rotatable bonds is 4.